The van der Waals surface area contributed by atoms with Crippen molar-refractivity contribution in [3.8, 4) is 0 Å². The molecule has 1 aliphatic carbocycles. The van der Waals surface area contributed by atoms with E-state index in [0.29, 0.717) is 19.3 Å². The maximum absolute atomic E-state index is 11.3. The minimum absolute atomic E-state index is 0.0562. The van der Waals surface area contributed by atoms with E-state index in [4.69, 9.17) is 0 Å². The van der Waals surface area contributed by atoms with Crippen molar-refractivity contribution in [1.82, 2.24) is 0 Å². The standard InChI is InChI=1S/C12H22O3/c1-5-11(4,9(13)14)12(15)7-6-10(2,3)8-12/h15H,5-8H2,1-4H3,(H,13,14). The number of hydrogen-bond acceptors (Lipinski definition) is 2. The van der Waals surface area contributed by atoms with Crippen molar-refractivity contribution in [2.45, 2.75) is 59.0 Å². The Morgan fingerprint density at radius 1 is 1.40 bits per heavy atom. The van der Waals surface area contributed by atoms with Crippen LogP contribution in [0.15, 0.2) is 0 Å². The van der Waals surface area contributed by atoms with Gasteiger partial charge in [-0.05, 0) is 38.0 Å². The van der Waals surface area contributed by atoms with Crippen LogP contribution in [-0.4, -0.2) is 21.8 Å². The van der Waals surface area contributed by atoms with E-state index in [1.165, 1.54) is 0 Å². The van der Waals surface area contributed by atoms with Gasteiger partial charge in [0.25, 0.3) is 0 Å². The third-order valence-corrected chi connectivity index (χ3v) is 4.19. The predicted molar refractivity (Wildman–Crippen MR) is 58.6 cm³/mol. The molecule has 0 radical (unpaired) electrons. The Kier molecular flexibility index (Phi) is 2.90. The third-order valence-electron chi connectivity index (χ3n) is 4.19. The second kappa shape index (κ2) is 3.48. The lowest BCUT2D eigenvalue weighted by Gasteiger charge is -2.39. The van der Waals surface area contributed by atoms with Gasteiger partial charge >= 0.3 is 5.97 Å². The molecule has 0 aromatic rings. The van der Waals surface area contributed by atoms with Crippen LogP contribution in [0.1, 0.15) is 53.4 Å². The summed E-state index contributed by atoms with van der Waals surface area (Å²) in [6.45, 7) is 7.67. The Morgan fingerprint density at radius 3 is 2.20 bits per heavy atom. The summed E-state index contributed by atoms with van der Waals surface area (Å²) >= 11 is 0. The maximum atomic E-state index is 11.3. The van der Waals surface area contributed by atoms with E-state index < -0.39 is 17.0 Å². The smallest absolute Gasteiger partial charge is 0.312 e. The summed E-state index contributed by atoms with van der Waals surface area (Å²) in [5.41, 5.74) is -2.00. The lowest BCUT2D eigenvalue weighted by molar-refractivity contribution is -0.168. The van der Waals surface area contributed by atoms with Gasteiger partial charge in [0.05, 0.1) is 11.0 Å². The summed E-state index contributed by atoms with van der Waals surface area (Å²) in [4.78, 5) is 11.3. The van der Waals surface area contributed by atoms with Crippen LogP contribution in [-0.2, 0) is 4.79 Å². The van der Waals surface area contributed by atoms with Gasteiger partial charge in [-0.2, -0.15) is 0 Å². The summed E-state index contributed by atoms with van der Waals surface area (Å²) in [5, 5.41) is 19.8. The number of aliphatic carboxylic acids is 1. The van der Waals surface area contributed by atoms with E-state index in [9.17, 15) is 15.0 Å². The van der Waals surface area contributed by atoms with E-state index >= 15 is 0 Å². The van der Waals surface area contributed by atoms with Crippen LogP contribution in [0.3, 0.4) is 0 Å². The third kappa shape index (κ3) is 1.89. The zero-order chi connectivity index (χ0) is 11.9. The van der Waals surface area contributed by atoms with E-state index in [2.05, 4.69) is 13.8 Å². The van der Waals surface area contributed by atoms with Crippen molar-refractivity contribution in [2.75, 3.05) is 0 Å². The Morgan fingerprint density at radius 2 is 1.93 bits per heavy atom. The zero-order valence-corrected chi connectivity index (χ0v) is 10.1. The Bertz CT molecular complexity index is 272. The maximum Gasteiger partial charge on any atom is 0.312 e. The van der Waals surface area contributed by atoms with E-state index in [1.54, 1.807) is 6.92 Å². The molecule has 1 rings (SSSR count). The first-order chi connectivity index (χ1) is 6.67. The van der Waals surface area contributed by atoms with E-state index in [1.807, 2.05) is 6.92 Å². The summed E-state index contributed by atoms with van der Waals surface area (Å²) in [6.07, 6.45) is 2.54. The highest BCUT2D eigenvalue weighted by atomic mass is 16.4. The number of carboxylic acid groups (broad SMARTS) is 1. The van der Waals surface area contributed by atoms with Gasteiger partial charge in [-0.15, -0.1) is 0 Å². The lowest BCUT2D eigenvalue weighted by atomic mass is 9.69. The minimum Gasteiger partial charge on any atom is -0.481 e. The molecule has 15 heavy (non-hydrogen) atoms. The monoisotopic (exact) mass is 214 g/mol. The van der Waals surface area contributed by atoms with Crippen molar-refractivity contribution < 1.29 is 15.0 Å². The van der Waals surface area contributed by atoms with Crippen LogP contribution in [0.5, 0.6) is 0 Å². The molecule has 0 bridgehead atoms. The number of rotatable bonds is 3. The molecular weight excluding hydrogens is 192 g/mol. The van der Waals surface area contributed by atoms with Crippen molar-refractivity contribution in [2.24, 2.45) is 10.8 Å². The van der Waals surface area contributed by atoms with Crippen LogP contribution in [0.2, 0.25) is 0 Å². The quantitative estimate of drug-likeness (QED) is 0.758. The molecule has 0 aromatic heterocycles. The molecule has 1 aliphatic rings. The van der Waals surface area contributed by atoms with Crippen molar-refractivity contribution in [3.05, 3.63) is 0 Å². The summed E-state index contributed by atoms with van der Waals surface area (Å²) in [6, 6.07) is 0. The molecule has 88 valence electrons. The molecule has 1 saturated carbocycles. The number of hydrogen-bond donors (Lipinski definition) is 2. The first-order valence-electron chi connectivity index (χ1n) is 5.63. The molecule has 2 atom stereocenters. The Hall–Kier alpha value is -0.570. The van der Waals surface area contributed by atoms with Gasteiger partial charge in [-0.1, -0.05) is 20.8 Å². The summed E-state index contributed by atoms with van der Waals surface area (Å²) in [5.74, 6) is -0.884. The molecule has 0 aliphatic heterocycles. The van der Waals surface area contributed by atoms with Gasteiger partial charge < -0.3 is 10.2 Å². The van der Waals surface area contributed by atoms with Gasteiger partial charge in [-0.25, -0.2) is 0 Å². The van der Waals surface area contributed by atoms with Crippen molar-refractivity contribution in [3.63, 3.8) is 0 Å². The molecule has 2 unspecified atom stereocenters. The fourth-order valence-electron chi connectivity index (χ4n) is 2.66. The highest BCUT2D eigenvalue weighted by Gasteiger charge is 2.56. The fraction of sp³-hybridized carbons (Fsp3) is 0.917. The molecule has 0 aromatic carbocycles. The van der Waals surface area contributed by atoms with Gasteiger partial charge in [0.2, 0.25) is 0 Å². The van der Waals surface area contributed by atoms with Crippen LogP contribution >= 0.6 is 0 Å². The second-order valence-electron chi connectivity index (χ2n) is 5.86. The van der Waals surface area contributed by atoms with Crippen molar-refractivity contribution in [1.29, 1.82) is 0 Å². The fourth-order valence-corrected chi connectivity index (χ4v) is 2.66. The number of carboxylic acids is 1. The van der Waals surface area contributed by atoms with Gasteiger partial charge in [0, 0.05) is 0 Å². The summed E-state index contributed by atoms with van der Waals surface area (Å²) < 4.78 is 0. The van der Waals surface area contributed by atoms with Crippen LogP contribution in [0, 0.1) is 10.8 Å². The molecule has 0 saturated heterocycles. The van der Waals surface area contributed by atoms with Gasteiger partial charge in [0.15, 0.2) is 0 Å². The van der Waals surface area contributed by atoms with Crippen LogP contribution in [0.4, 0.5) is 0 Å². The van der Waals surface area contributed by atoms with E-state index in [-0.39, 0.29) is 5.41 Å². The topological polar surface area (TPSA) is 57.5 Å². The lowest BCUT2D eigenvalue weighted by Crippen LogP contribution is -2.50. The average Bonchev–Trinajstić information content (AvgIpc) is 2.40. The van der Waals surface area contributed by atoms with Gasteiger partial charge in [-0.3, -0.25) is 4.79 Å². The number of aliphatic hydroxyl groups is 1. The first-order valence-corrected chi connectivity index (χ1v) is 5.63. The molecule has 2 N–H and O–H groups in total. The highest BCUT2D eigenvalue weighted by molar-refractivity contribution is 5.76. The zero-order valence-electron chi connectivity index (χ0n) is 10.1. The summed E-state index contributed by atoms with van der Waals surface area (Å²) in [7, 11) is 0. The molecule has 1 fully saturated rings. The second-order valence-corrected chi connectivity index (χ2v) is 5.86. The molecule has 0 heterocycles. The normalized spacial score (nSPS) is 33.7. The Balaban J connectivity index is 3.00. The predicted octanol–water partition coefficient (Wildman–Crippen LogP) is 2.43. The molecule has 0 amide bonds. The van der Waals surface area contributed by atoms with Gasteiger partial charge in [0.1, 0.15) is 0 Å². The largest absolute Gasteiger partial charge is 0.481 e. The number of carbonyl (C=O) groups is 1. The highest BCUT2D eigenvalue weighted by Crippen LogP contribution is 2.52. The average molecular weight is 214 g/mol. The SMILES string of the molecule is CCC(C)(C(=O)O)C1(O)CCC(C)(C)C1. The molecule has 0 spiro atoms. The van der Waals surface area contributed by atoms with Crippen LogP contribution < -0.4 is 0 Å². The van der Waals surface area contributed by atoms with Crippen LogP contribution in [0.25, 0.3) is 0 Å². The molecule has 3 heteroatoms. The molecular formula is C12H22O3. The van der Waals surface area contributed by atoms with Crippen molar-refractivity contribution >= 4 is 5.97 Å². The minimum atomic E-state index is -1.04. The molecule has 3 nitrogen and oxygen atoms in total. The Labute approximate surface area is 91.5 Å². The first kappa shape index (κ1) is 12.5. The van der Waals surface area contributed by atoms with E-state index in [0.717, 1.165) is 6.42 Å².